The lowest BCUT2D eigenvalue weighted by atomic mass is 10.0. The van der Waals surface area contributed by atoms with E-state index >= 15 is 0 Å². The number of carbonyl (C=O) groups is 1. The van der Waals surface area contributed by atoms with Crippen molar-refractivity contribution in [2.24, 2.45) is 0 Å². The molecule has 1 amide bonds. The number of nitrogens with one attached hydrogen (secondary N) is 1. The number of hydrogen-bond acceptors (Lipinski definition) is 6. The summed E-state index contributed by atoms with van der Waals surface area (Å²) in [6, 6.07) is 5.27. The van der Waals surface area contributed by atoms with E-state index in [2.05, 4.69) is 30.7 Å². The van der Waals surface area contributed by atoms with Crippen LogP contribution in [-0.4, -0.2) is 36.1 Å². The van der Waals surface area contributed by atoms with Gasteiger partial charge in [0.05, 0.1) is 46.1 Å². The maximum absolute atomic E-state index is 14.7. The van der Waals surface area contributed by atoms with Gasteiger partial charge in [0.1, 0.15) is 5.82 Å². The van der Waals surface area contributed by atoms with Crippen molar-refractivity contribution < 1.29 is 9.18 Å². The van der Waals surface area contributed by atoms with Gasteiger partial charge in [-0.15, -0.1) is 9.90 Å². The van der Waals surface area contributed by atoms with E-state index in [1.165, 1.54) is 47.8 Å². The Morgan fingerprint density at radius 3 is 2.47 bits per heavy atom. The molecule has 1 N–H and O–H groups in total. The third-order valence-corrected chi connectivity index (χ3v) is 4.83. The van der Waals surface area contributed by atoms with Crippen LogP contribution >= 0.6 is 34.8 Å². The molecule has 12 heteroatoms. The number of aromatic nitrogens is 6. The molecule has 0 atom stereocenters. The molecule has 0 aliphatic heterocycles. The molecule has 0 spiro atoms. The molecule has 0 aliphatic carbocycles. The minimum atomic E-state index is -0.698. The minimum absolute atomic E-state index is 0.0112. The molecular formula is C18H9Cl3FN7O. The number of halogens is 4. The zero-order valence-electron chi connectivity index (χ0n) is 14.7. The van der Waals surface area contributed by atoms with E-state index in [4.69, 9.17) is 34.8 Å². The van der Waals surface area contributed by atoms with Crippen molar-refractivity contribution in [1.29, 1.82) is 0 Å². The van der Waals surface area contributed by atoms with Crippen LogP contribution in [0.2, 0.25) is 15.2 Å². The Morgan fingerprint density at radius 1 is 1.00 bits per heavy atom. The van der Waals surface area contributed by atoms with Gasteiger partial charge in [0.2, 0.25) is 0 Å². The summed E-state index contributed by atoms with van der Waals surface area (Å²) in [4.78, 5) is 18.0. The Kier molecular flexibility index (Phi) is 5.58. The van der Waals surface area contributed by atoms with Crippen LogP contribution in [-0.2, 0) is 0 Å². The van der Waals surface area contributed by atoms with Gasteiger partial charge in [0, 0.05) is 11.1 Å². The van der Waals surface area contributed by atoms with Crippen LogP contribution in [0.15, 0.2) is 49.1 Å². The van der Waals surface area contributed by atoms with E-state index in [9.17, 15) is 9.18 Å². The van der Waals surface area contributed by atoms with Crippen molar-refractivity contribution in [3.63, 3.8) is 0 Å². The second-order valence-electron chi connectivity index (χ2n) is 5.85. The molecule has 0 bridgehead atoms. The summed E-state index contributed by atoms with van der Waals surface area (Å²) < 4.78 is 14.7. The number of nitrogens with zero attached hydrogens (tertiary/aromatic N) is 6. The first-order valence-corrected chi connectivity index (χ1v) is 9.37. The second kappa shape index (κ2) is 8.31. The van der Waals surface area contributed by atoms with Crippen LogP contribution in [0.3, 0.4) is 0 Å². The summed E-state index contributed by atoms with van der Waals surface area (Å²) in [5, 5.41) is 18.0. The standard InChI is InChI=1S/C18H9Cl3FN7O/c19-13-6-11(10-1-2-24-28-16(10)21)15(22)7-12(13)18(30)27-9-5-14(20)17(23-8-9)29-25-3-4-26-29/h1-8H,(H,27,30). The first-order valence-electron chi connectivity index (χ1n) is 8.24. The maximum atomic E-state index is 14.7. The molecule has 8 nitrogen and oxygen atoms in total. The van der Waals surface area contributed by atoms with Crippen molar-refractivity contribution >= 4 is 46.4 Å². The quantitative estimate of drug-likeness (QED) is 0.478. The van der Waals surface area contributed by atoms with Gasteiger partial charge in [-0.05, 0) is 24.3 Å². The SMILES string of the molecule is O=C(Nc1cnc(-n2nccn2)c(Cl)c1)c1cc(F)c(-c2ccnnc2Cl)cc1Cl. The fourth-order valence-electron chi connectivity index (χ4n) is 2.61. The van der Waals surface area contributed by atoms with E-state index in [1.54, 1.807) is 0 Å². The van der Waals surface area contributed by atoms with Crippen molar-refractivity contribution in [2.45, 2.75) is 0 Å². The van der Waals surface area contributed by atoms with Gasteiger partial charge in [0.15, 0.2) is 11.0 Å². The van der Waals surface area contributed by atoms with Gasteiger partial charge in [-0.2, -0.15) is 15.3 Å². The summed E-state index contributed by atoms with van der Waals surface area (Å²) in [5.74, 6) is -1.06. The number of anilines is 1. The molecule has 30 heavy (non-hydrogen) atoms. The molecule has 1 aromatic carbocycles. The van der Waals surface area contributed by atoms with Gasteiger partial charge >= 0.3 is 0 Å². The fraction of sp³-hybridized carbons (Fsp3) is 0. The van der Waals surface area contributed by atoms with Crippen LogP contribution in [0.5, 0.6) is 0 Å². The molecule has 3 aromatic heterocycles. The van der Waals surface area contributed by atoms with Crippen LogP contribution in [0, 0.1) is 5.82 Å². The van der Waals surface area contributed by atoms with Crippen LogP contribution < -0.4 is 5.32 Å². The highest BCUT2D eigenvalue weighted by Gasteiger charge is 2.18. The van der Waals surface area contributed by atoms with Crippen molar-refractivity contribution in [3.8, 4) is 16.9 Å². The molecule has 0 saturated heterocycles. The maximum Gasteiger partial charge on any atom is 0.257 e. The lowest BCUT2D eigenvalue weighted by molar-refractivity contribution is 0.102. The number of amides is 1. The predicted molar refractivity (Wildman–Crippen MR) is 110 cm³/mol. The zero-order chi connectivity index (χ0) is 21.3. The molecule has 4 aromatic rings. The van der Waals surface area contributed by atoms with Crippen molar-refractivity contribution in [2.75, 3.05) is 5.32 Å². The average molecular weight is 465 g/mol. The Labute approximate surface area is 183 Å². The molecule has 0 aliphatic rings. The average Bonchev–Trinajstić information content (AvgIpc) is 3.24. The van der Waals surface area contributed by atoms with Crippen LogP contribution in [0.1, 0.15) is 10.4 Å². The Hall–Kier alpha value is -3.14. The highest BCUT2D eigenvalue weighted by Crippen LogP contribution is 2.32. The Balaban J connectivity index is 1.60. The highest BCUT2D eigenvalue weighted by atomic mass is 35.5. The third-order valence-electron chi connectivity index (χ3n) is 3.95. The van der Waals surface area contributed by atoms with Crippen molar-refractivity contribution in [3.05, 3.63) is 75.6 Å². The summed E-state index contributed by atoms with van der Waals surface area (Å²) in [5.41, 5.74) is 0.599. The fourth-order valence-corrected chi connectivity index (χ4v) is 3.31. The summed E-state index contributed by atoms with van der Waals surface area (Å²) in [6.07, 6.45) is 5.68. The van der Waals surface area contributed by atoms with Crippen LogP contribution in [0.4, 0.5) is 10.1 Å². The molecule has 4 rings (SSSR count). The smallest absolute Gasteiger partial charge is 0.257 e. The predicted octanol–water partition coefficient (Wildman–Crippen LogP) is 4.47. The monoisotopic (exact) mass is 463 g/mol. The van der Waals surface area contributed by atoms with E-state index in [0.717, 1.165) is 6.07 Å². The third kappa shape index (κ3) is 3.95. The number of hydrogen-bond donors (Lipinski definition) is 1. The van der Waals surface area contributed by atoms with Gasteiger partial charge in [0.25, 0.3) is 5.91 Å². The lowest BCUT2D eigenvalue weighted by Gasteiger charge is -2.11. The number of carbonyl (C=O) groups excluding carboxylic acids is 1. The molecule has 150 valence electrons. The lowest BCUT2D eigenvalue weighted by Crippen LogP contribution is -2.14. The van der Waals surface area contributed by atoms with E-state index in [1.807, 2.05) is 0 Å². The van der Waals surface area contributed by atoms with Gasteiger partial charge in [-0.1, -0.05) is 34.8 Å². The topological polar surface area (TPSA) is 98.5 Å². The number of benzene rings is 1. The molecule has 0 saturated carbocycles. The molecular weight excluding hydrogens is 456 g/mol. The normalized spacial score (nSPS) is 10.8. The summed E-state index contributed by atoms with van der Waals surface area (Å²) >= 11 is 18.4. The molecule has 0 radical (unpaired) electrons. The van der Waals surface area contributed by atoms with Gasteiger partial charge in [-0.3, -0.25) is 4.79 Å². The Bertz CT molecular complexity index is 1250. The molecule has 3 heterocycles. The molecule has 0 fully saturated rings. The number of rotatable bonds is 4. The minimum Gasteiger partial charge on any atom is -0.320 e. The highest BCUT2D eigenvalue weighted by molar-refractivity contribution is 6.35. The largest absolute Gasteiger partial charge is 0.320 e. The van der Waals surface area contributed by atoms with Crippen molar-refractivity contribution in [1.82, 2.24) is 30.2 Å². The second-order valence-corrected chi connectivity index (χ2v) is 7.02. The first-order chi connectivity index (χ1) is 14.4. The Morgan fingerprint density at radius 2 is 1.77 bits per heavy atom. The van der Waals surface area contributed by atoms with Gasteiger partial charge < -0.3 is 5.32 Å². The summed E-state index contributed by atoms with van der Waals surface area (Å²) in [7, 11) is 0. The number of pyridine rings is 1. The van der Waals surface area contributed by atoms with E-state index < -0.39 is 11.7 Å². The van der Waals surface area contributed by atoms with Gasteiger partial charge in [-0.25, -0.2) is 9.37 Å². The summed E-state index contributed by atoms with van der Waals surface area (Å²) in [6.45, 7) is 0. The van der Waals surface area contributed by atoms with Crippen LogP contribution in [0.25, 0.3) is 16.9 Å². The van der Waals surface area contributed by atoms with E-state index in [-0.39, 0.29) is 37.8 Å². The zero-order valence-corrected chi connectivity index (χ0v) is 17.0. The molecule has 0 unspecified atom stereocenters. The van der Waals surface area contributed by atoms with E-state index in [0.29, 0.717) is 5.56 Å². The first kappa shape index (κ1) is 20.1.